The molecule has 1 unspecified atom stereocenters. The fourth-order valence-electron chi connectivity index (χ4n) is 3.81. The summed E-state index contributed by atoms with van der Waals surface area (Å²) in [5.41, 5.74) is 2.76. The highest BCUT2D eigenvalue weighted by Crippen LogP contribution is 2.37. The SMILES string of the molecule is C\C=C(/C=C1/C(N2CCC2)=NC(c2cccnc2)N(C)/C1=C\O)c1cccc(F)c1F. The molecule has 1 aromatic carbocycles. The molecule has 31 heavy (non-hydrogen) atoms. The quantitative estimate of drug-likeness (QED) is 0.720. The van der Waals surface area contributed by atoms with Gasteiger partial charge in [0, 0.05) is 49.2 Å². The number of aliphatic imine (C=N–C) groups is 1. The third-order valence-corrected chi connectivity index (χ3v) is 5.64. The van der Waals surface area contributed by atoms with Crippen LogP contribution < -0.4 is 0 Å². The standard InChI is InChI=1S/C24H24F2N4O/c1-3-16(18-8-4-9-20(25)22(18)26)13-19-21(15-31)29(2)23(17-7-5-10-27-14-17)28-24(19)30-11-6-12-30/h3-5,7-10,13-15,23,31H,6,11-12H2,1-2H3/b16-3+,19-13+,21-15-. The van der Waals surface area contributed by atoms with E-state index in [1.54, 1.807) is 37.5 Å². The van der Waals surface area contributed by atoms with Gasteiger partial charge in [-0.1, -0.05) is 24.3 Å². The average molecular weight is 422 g/mol. The van der Waals surface area contributed by atoms with E-state index in [-0.39, 0.29) is 11.7 Å². The monoisotopic (exact) mass is 422 g/mol. The second kappa shape index (κ2) is 8.71. The topological polar surface area (TPSA) is 52.0 Å². The van der Waals surface area contributed by atoms with Crippen LogP contribution in [-0.2, 0) is 0 Å². The van der Waals surface area contributed by atoms with Gasteiger partial charge in [0.05, 0.1) is 5.70 Å². The molecule has 1 aromatic heterocycles. The Morgan fingerprint density at radius 3 is 2.61 bits per heavy atom. The fourth-order valence-corrected chi connectivity index (χ4v) is 3.81. The highest BCUT2D eigenvalue weighted by molar-refractivity contribution is 6.05. The summed E-state index contributed by atoms with van der Waals surface area (Å²) in [5.74, 6) is -1.08. The van der Waals surface area contributed by atoms with Crippen LogP contribution in [0.1, 0.15) is 30.6 Å². The zero-order chi connectivity index (χ0) is 22.0. The summed E-state index contributed by atoms with van der Waals surface area (Å²) in [4.78, 5) is 13.1. The summed E-state index contributed by atoms with van der Waals surface area (Å²) in [6.07, 6.45) is 8.66. The molecule has 2 aromatic rings. The van der Waals surface area contributed by atoms with Gasteiger partial charge in [0.25, 0.3) is 0 Å². The first-order valence-electron chi connectivity index (χ1n) is 10.2. The molecule has 7 heteroatoms. The van der Waals surface area contributed by atoms with E-state index in [1.807, 2.05) is 24.1 Å². The van der Waals surface area contributed by atoms with Crippen LogP contribution in [0.5, 0.6) is 0 Å². The van der Waals surface area contributed by atoms with Gasteiger partial charge in [-0.3, -0.25) is 4.98 Å². The van der Waals surface area contributed by atoms with Gasteiger partial charge in [-0.25, -0.2) is 13.8 Å². The van der Waals surface area contributed by atoms with Crippen LogP contribution in [0.25, 0.3) is 5.57 Å². The van der Waals surface area contributed by atoms with E-state index >= 15 is 0 Å². The first-order chi connectivity index (χ1) is 15.0. The summed E-state index contributed by atoms with van der Waals surface area (Å²) in [7, 11) is 1.84. The maximum Gasteiger partial charge on any atom is 0.166 e. The first kappa shape index (κ1) is 20.8. The summed E-state index contributed by atoms with van der Waals surface area (Å²) in [6, 6.07) is 7.90. The number of halogens is 2. The number of hydrogen-bond donors (Lipinski definition) is 1. The summed E-state index contributed by atoms with van der Waals surface area (Å²) in [6.45, 7) is 3.46. The number of pyridine rings is 1. The molecule has 1 saturated heterocycles. The number of rotatable bonds is 3. The van der Waals surface area contributed by atoms with Crippen molar-refractivity contribution in [3.8, 4) is 0 Å². The molecule has 0 bridgehead atoms. The molecule has 2 aliphatic rings. The maximum absolute atomic E-state index is 14.5. The summed E-state index contributed by atoms with van der Waals surface area (Å²) >= 11 is 0. The summed E-state index contributed by atoms with van der Waals surface area (Å²) < 4.78 is 28.3. The Bertz CT molecular complexity index is 1090. The number of allylic oxidation sites excluding steroid dienone is 3. The molecule has 1 N–H and O–H groups in total. The van der Waals surface area contributed by atoms with Crippen LogP contribution in [0.15, 0.2) is 77.4 Å². The van der Waals surface area contributed by atoms with E-state index in [2.05, 4.69) is 9.88 Å². The Hall–Kier alpha value is -3.48. The fraction of sp³-hybridized carbons (Fsp3) is 0.250. The number of likely N-dealkylation sites (tertiary alicyclic amines) is 1. The van der Waals surface area contributed by atoms with Crippen molar-refractivity contribution in [2.24, 2.45) is 4.99 Å². The molecule has 0 aliphatic carbocycles. The van der Waals surface area contributed by atoms with Crippen LogP contribution in [0.4, 0.5) is 8.78 Å². The number of aliphatic hydroxyl groups excluding tert-OH is 1. The highest BCUT2D eigenvalue weighted by atomic mass is 19.2. The van der Waals surface area contributed by atoms with Crippen LogP contribution in [-0.4, -0.2) is 45.9 Å². The van der Waals surface area contributed by atoms with Gasteiger partial charge < -0.3 is 14.9 Å². The molecule has 3 heterocycles. The number of aliphatic hydroxyl groups is 1. The molecule has 1 atom stereocenters. The van der Waals surface area contributed by atoms with Crippen molar-refractivity contribution >= 4 is 11.4 Å². The highest BCUT2D eigenvalue weighted by Gasteiger charge is 2.34. The van der Waals surface area contributed by atoms with Gasteiger partial charge in [-0.15, -0.1) is 0 Å². The Balaban J connectivity index is 1.85. The lowest BCUT2D eigenvalue weighted by atomic mass is 9.96. The Labute approximate surface area is 180 Å². The van der Waals surface area contributed by atoms with Crippen molar-refractivity contribution in [3.05, 3.63) is 95.2 Å². The van der Waals surface area contributed by atoms with E-state index in [0.717, 1.165) is 43.2 Å². The molecule has 160 valence electrons. The lowest BCUT2D eigenvalue weighted by Crippen LogP contribution is -2.47. The van der Waals surface area contributed by atoms with Crippen molar-refractivity contribution in [1.82, 2.24) is 14.8 Å². The first-order valence-corrected chi connectivity index (χ1v) is 10.2. The number of aromatic nitrogens is 1. The largest absolute Gasteiger partial charge is 0.513 e. The van der Waals surface area contributed by atoms with Gasteiger partial charge in [0.2, 0.25) is 0 Å². The van der Waals surface area contributed by atoms with Crippen molar-refractivity contribution in [3.63, 3.8) is 0 Å². The van der Waals surface area contributed by atoms with Crippen molar-refractivity contribution < 1.29 is 13.9 Å². The minimum absolute atomic E-state index is 0.160. The number of benzene rings is 1. The van der Waals surface area contributed by atoms with Gasteiger partial charge in [0.15, 0.2) is 17.8 Å². The smallest absolute Gasteiger partial charge is 0.166 e. The van der Waals surface area contributed by atoms with Crippen LogP contribution in [0.3, 0.4) is 0 Å². The number of nitrogens with zero attached hydrogens (tertiary/aromatic N) is 4. The van der Waals surface area contributed by atoms with E-state index in [1.165, 1.54) is 6.07 Å². The third-order valence-electron chi connectivity index (χ3n) is 5.64. The third kappa shape index (κ3) is 3.83. The number of likely N-dealkylation sites (N-methyl/N-ethyl adjacent to an activating group) is 1. The average Bonchev–Trinajstić information content (AvgIpc) is 2.75. The second-order valence-corrected chi connectivity index (χ2v) is 7.48. The Kier molecular flexibility index (Phi) is 5.84. The van der Waals surface area contributed by atoms with E-state index in [4.69, 9.17) is 4.99 Å². The predicted octanol–water partition coefficient (Wildman–Crippen LogP) is 4.84. The lowest BCUT2D eigenvalue weighted by Gasteiger charge is -2.42. The minimum Gasteiger partial charge on any atom is -0.513 e. The molecule has 4 rings (SSSR count). The predicted molar refractivity (Wildman–Crippen MR) is 117 cm³/mol. The number of amidine groups is 1. The van der Waals surface area contributed by atoms with Crippen molar-refractivity contribution in [2.75, 3.05) is 20.1 Å². The summed E-state index contributed by atoms with van der Waals surface area (Å²) in [5, 5.41) is 10.2. The van der Waals surface area contributed by atoms with Crippen LogP contribution in [0.2, 0.25) is 0 Å². The Morgan fingerprint density at radius 2 is 2.00 bits per heavy atom. The molecule has 0 amide bonds. The maximum atomic E-state index is 14.5. The van der Waals surface area contributed by atoms with E-state index in [9.17, 15) is 13.9 Å². The van der Waals surface area contributed by atoms with Crippen LogP contribution in [0, 0.1) is 11.6 Å². The van der Waals surface area contributed by atoms with Gasteiger partial charge in [0.1, 0.15) is 12.1 Å². The molecular formula is C24H24F2N4O. The Morgan fingerprint density at radius 1 is 1.19 bits per heavy atom. The second-order valence-electron chi connectivity index (χ2n) is 7.48. The van der Waals surface area contributed by atoms with Gasteiger partial charge in [-0.05, 0) is 37.1 Å². The van der Waals surface area contributed by atoms with Gasteiger partial charge >= 0.3 is 0 Å². The molecule has 0 spiro atoms. The van der Waals surface area contributed by atoms with E-state index in [0.29, 0.717) is 16.8 Å². The van der Waals surface area contributed by atoms with Crippen LogP contribution >= 0.6 is 0 Å². The molecule has 0 saturated carbocycles. The van der Waals surface area contributed by atoms with Crippen molar-refractivity contribution in [1.29, 1.82) is 0 Å². The minimum atomic E-state index is -0.901. The van der Waals surface area contributed by atoms with Crippen molar-refractivity contribution in [2.45, 2.75) is 19.5 Å². The zero-order valence-corrected chi connectivity index (χ0v) is 17.5. The normalized spacial score (nSPS) is 22.0. The molecular weight excluding hydrogens is 398 g/mol. The lowest BCUT2D eigenvalue weighted by molar-refractivity contribution is 0.264. The zero-order valence-electron chi connectivity index (χ0n) is 17.5. The molecule has 5 nitrogen and oxygen atoms in total. The molecule has 0 radical (unpaired) electrons. The van der Waals surface area contributed by atoms with E-state index < -0.39 is 11.6 Å². The van der Waals surface area contributed by atoms with Gasteiger partial charge in [-0.2, -0.15) is 0 Å². The number of hydrogen-bond acceptors (Lipinski definition) is 5. The molecule has 2 aliphatic heterocycles. The molecule has 1 fully saturated rings.